The van der Waals surface area contributed by atoms with Crippen LogP contribution in [0.5, 0.6) is 0 Å². The molecule has 3 aromatic rings. The van der Waals surface area contributed by atoms with E-state index < -0.39 is 0 Å². The van der Waals surface area contributed by atoms with Crippen molar-refractivity contribution in [2.24, 2.45) is 0 Å². The van der Waals surface area contributed by atoms with Gasteiger partial charge in [-0.25, -0.2) is 4.98 Å². The van der Waals surface area contributed by atoms with Gasteiger partial charge < -0.3 is 4.57 Å². The summed E-state index contributed by atoms with van der Waals surface area (Å²) in [6.45, 7) is 6.32. The van der Waals surface area contributed by atoms with Crippen LogP contribution in [0.25, 0.3) is 5.65 Å². The number of hydrogen-bond donors (Lipinski definition) is 0. The summed E-state index contributed by atoms with van der Waals surface area (Å²) in [4.78, 5) is 7.06. The lowest BCUT2D eigenvalue weighted by Gasteiger charge is -2.31. The Morgan fingerprint density at radius 3 is 3.08 bits per heavy atom. The van der Waals surface area contributed by atoms with Crippen molar-refractivity contribution in [3.8, 4) is 0 Å². The van der Waals surface area contributed by atoms with Gasteiger partial charge in [0.1, 0.15) is 11.6 Å². The number of rotatable bonds is 5. The quantitative estimate of drug-likeness (QED) is 0.724. The number of likely N-dealkylation sites (tertiary alicyclic amines) is 1. The molecule has 1 atom stereocenters. The molecule has 1 aliphatic rings. The van der Waals surface area contributed by atoms with Crippen molar-refractivity contribution in [3.05, 3.63) is 48.4 Å². The normalized spacial score (nSPS) is 19.1. The van der Waals surface area contributed by atoms with E-state index in [0.717, 1.165) is 44.1 Å². The number of pyridine rings is 1. The molecule has 0 aromatic carbocycles. The molecule has 0 bridgehead atoms. The van der Waals surface area contributed by atoms with Crippen LogP contribution in [0, 0.1) is 0 Å². The van der Waals surface area contributed by atoms with E-state index in [9.17, 15) is 0 Å². The molecule has 0 N–H and O–H groups in total. The van der Waals surface area contributed by atoms with Crippen LogP contribution in [0.15, 0.2) is 36.8 Å². The van der Waals surface area contributed by atoms with Crippen molar-refractivity contribution >= 4 is 5.65 Å². The van der Waals surface area contributed by atoms with E-state index in [1.807, 2.05) is 24.4 Å². The van der Waals surface area contributed by atoms with E-state index in [-0.39, 0.29) is 0 Å². The summed E-state index contributed by atoms with van der Waals surface area (Å²) >= 11 is 0. The fourth-order valence-corrected chi connectivity index (χ4v) is 3.68. The van der Waals surface area contributed by atoms with Crippen molar-refractivity contribution < 1.29 is 0 Å². The molecule has 3 aromatic heterocycles. The molecular formula is C18H24N6. The minimum Gasteiger partial charge on any atom is -0.334 e. The minimum absolute atomic E-state index is 0.436. The standard InChI is InChI=1S/C18H24N6/c1-2-9-23-12-8-19-17(23)14-22-10-5-6-15(13-22)18-21-20-16-7-3-4-11-24(16)18/h3-4,7-8,11-12,15H,2,5-6,9-10,13-14H2,1H3/t15-/m0/s1. The van der Waals surface area contributed by atoms with Crippen molar-refractivity contribution in [3.63, 3.8) is 0 Å². The SMILES string of the molecule is CCCn1ccnc1CN1CCC[C@H](c2nnc3ccccn23)C1. The zero-order valence-electron chi connectivity index (χ0n) is 14.2. The van der Waals surface area contributed by atoms with Gasteiger partial charge in [-0.1, -0.05) is 13.0 Å². The van der Waals surface area contributed by atoms with Crippen molar-refractivity contribution in [2.45, 2.75) is 45.2 Å². The second kappa shape index (κ2) is 6.73. The average Bonchev–Trinajstić information content (AvgIpc) is 3.23. The highest BCUT2D eigenvalue weighted by molar-refractivity contribution is 5.37. The van der Waals surface area contributed by atoms with Gasteiger partial charge in [0.15, 0.2) is 5.65 Å². The zero-order valence-corrected chi connectivity index (χ0v) is 14.2. The van der Waals surface area contributed by atoms with E-state index in [1.165, 1.54) is 18.7 Å². The smallest absolute Gasteiger partial charge is 0.160 e. The summed E-state index contributed by atoms with van der Waals surface area (Å²) in [6.07, 6.45) is 9.58. The molecule has 4 heterocycles. The topological polar surface area (TPSA) is 51.2 Å². The molecule has 24 heavy (non-hydrogen) atoms. The number of fused-ring (bicyclic) bond motifs is 1. The third-order valence-electron chi connectivity index (χ3n) is 4.84. The zero-order chi connectivity index (χ0) is 16.4. The predicted molar refractivity (Wildman–Crippen MR) is 92.8 cm³/mol. The summed E-state index contributed by atoms with van der Waals surface area (Å²) in [6, 6.07) is 6.06. The summed E-state index contributed by atoms with van der Waals surface area (Å²) in [5, 5.41) is 8.77. The van der Waals surface area contributed by atoms with Crippen LogP contribution in [0.1, 0.15) is 43.8 Å². The first-order valence-electron chi connectivity index (χ1n) is 8.87. The van der Waals surface area contributed by atoms with Gasteiger partial charge in [-0.15, -0.1) is 10.2 Å². The molecule has 6 heteroatoms. The van der Waals surface area contributed by atoms with Crippen molar-refractivity contribution in [1.29, 1.82) is 0 Å². The molecule has 0 aliphatic carbocycles. The summed E-state index contributed by atoms with van der Waals surface area (Å²) in [5.74, 6) is 2.70. The van der Waals surface area contributed by atoms with E-state index in [4.69, 9.17) is 0 Å². The summed E-state index contributed by atoms with van der Waals surface area (Å²) in [5.41, 5.74) is 0.933. The molecule has 6 nitrogen and oxygen atoms in total. The van der Waals surface area contributed by atoms with Gasteiger partial charge in [0.2, 0.25) is 0 Å². The highest BCUT2D eigenvalue weighted by Crippen LogP contribution is 2.26. The highest BCUT2D eigenvalue weighted by Gasteiger charge is 2.25. The lowest BCUT2D eigenvalue weighted by Crippen LogP contribution is -2.35. The predicted octanol–water partition coefficient (Wildman–Crippen LogP) is 2.72. The summed E-state index contributed by atoms with van der Waals surface area (Å²) < 4.78 is 4.41. The molecule has 0 spiro atoms. The van der Waals surface area contributed by atoms with Crippen molar-refractivity contribution in [2.75, 3.05) is 13.1 Å². The number of nitrogens with zero attached hydrogens (tertiary/aromatic N) is 6. The van der Waals surface area contributed by atoms with Crippen LogP contribution in [0.4, 0.5) is 0 Å². The van der Waals surface area contributed by atoms with Crippen LogP contribution in [-0.4, -0.2) is 42.1 Å². The Labute approximate surface area is 142 Å². The molecule has 1 fully saturated rings. The Morgan fingerprint density at radius 1 is 1.21 bits per heavy atom. The van der Waals surface area contributed by atoms with Gasteiger partial charge in [0, 0.05) is 37.6 Å². The van der Waals surface area contributed by atoms with Gasteiger partial charge in [0.05, 0.1) is 6.54 Å². The number of imidazole rings is 1. The largest absolute Gasteiger partial charge is 0.334 e. The molecule has 1 aliphatic heterocycles. The second-order valence-electron chi connectivity index (χ2n) is 6.60. The third kappa shape index (κ3) is 2.94. The number of piperidine rings is 1. The van der Waals surface area contributed by atoms with E-state index in [0.29, 0.717) is 5.92 Å². The third-order valence-corrected chi connectivity index (χ3v) is 4.84. The Bertz CT molecular complexity index is 805. The van der Waals surface area contributed by atoms with Gasteiger partial charge in [-0.2, -0.15) is 0 Å². The maximum absolute atomic E-state index is 4.55. The maximum Gasteiger partial charge on any atom is 0.160 e. The van der Waals surface area contributed by atoms with Crippen LogP contribution >= 0.6 is 0 Å². The fourth-order valence-electron chi connectivity index (χ4n) is 3.68. The number of aromatic nitrogens is 5. The Balaban J connectivity index is 1.50. The van der Waals surface area contributed by atoms with Crippen LogP contribution < -0.4 is 0 Å². The highest BCUT2D eigenvalue weighted by atomic mass is 15.3. The first-order valence-corrected chi connectivity index (χ1v) is 8.87. The molecule has 0 amide bonds. The Hall–Kier alpha value is -2.21. The molecule has 1 saturated heterocycles. The van der Waals surface area contributed by atoms with Crippen molar-refractivity contribution in [1.82, 2.24) is 29.0 Å². The van der Waals surface area contributed by atoms with Crippen LogP contribution in [0.3, 0.4) is 0 Å². The monoisotopic (exact) mass is 324 g/mol. The van der Waals surface area contributed by atoms with Gasteiger partial charge in [-0.3, -0.25) is 9.30 Å². The molecular weight excluding hydrogens is 300 g/mol. The molecule has 0 radical (unpaired) electrons. The molecule has 0 unspecified atom stereocenters. The average molecular weight is 324 g/mol. The number of aryl methyl sites for hydroxylation is 1. The minimum atomic E-state index is 0.436. The Morgan fingerprint density at radius 2 is 2.17 bits per heavy atom. The Kier molecular flexibility index (Phi) is 4.30. The van der Waals surface area contributed by atoms with Gasteiger partial charge >= 0.3 is 0 Å². The van der Waals surface area contributed by atoms with Crippen LogP contribution in [-0.2, 0) is 13.1 Å². The molecule has 0 saturated carbocycles. The van der Waals surface area contributed by atoms with Crippen LogP contribution in [0.2, 0.25) is 0 Å². The molecule has 4 rings (SSSR count). The first-order chi connectivity index (χ1) is 11.8. The molecule has 126 valence electrons. The number of hydrogen-bond acceptors (Lipinski definition) is 4. The van der Waals surface area contributed by atoms with Gasteiger partial charge in [-0.05, 0) is 37.9 Å². The maximum atomic E-state index is 4.55. The van der Waals surface area contributed by atoms with E-state index in [2.05, 4.69) is 48.4 Å². The first kappa shape index (κ1) is 15.3. The fraction of sp³-hybridized carbons (Fsp3) is 0.500. The van der Waals surface area contributed by atoms with Gasteiger partial charge in [0.25, 0.3) is 0 Å². The summed E-state index contributed by atoms with van der Waals surface area (Å²) in [7, 11) is 0. The lowest BCUT2D eigenvalue weighted by atomic mass is 9.97. The van der Waals surface area contributed by atoms with E-state index >= 15 is 0 Å². The van der Waals surface area contributed by atoms with E-state index in [1.54, 1.807) is 0 Å². The second-order valence-corrected chi connectivity index (χ2v) is 6.60. The lowest BCUT2D eigenvalue weighted by molar-refractivity contribution is 0.189.